The standard InChI is InChI=1S/H4N2S2/c1-4(2)3/h(H4,1,2,3). The predicted molar refractivity (Wildman–Crippen MR) is 23.3 cm³/mol. The quantitative estimate of drug-likeness (QED) is 0.290. The first-order valence-corrected chi connectivity index (χ1v) is 2.96. The second-order valence-electron chi connectivity index (χ2n) is 0.315. The second kappa shape index (κ2) is 1.75. The fraction of sp³-hybridized carbons (Fsp3) is 0. The van der Waals surface area contributed by atoms with Gasteiger partial charge in [0.15, 0.2) is 0 Å². The molecule has 0 saturated carbocycles. The highest BCUT2D eigenvalue weighted by Gasteiger charge is 1.50. The van der Waals surface area contributed by atoms with E-state index in [-0.39, 0.29) is 0 Å². The van der Waals surface area contributed by atoms with Crippen molar-refractivity contribution in [3.63, 3.8) is 0 Å². The molecule has 2 nitrogen and oxygen atoms in total. The van der Waals surface area contributed by atoms with Gasteiger partial charge in [0.05, 0.1) is 0 Å². The molecule has 0 rings (SSSR count). The summed E-state index contributed by atoms with van der Waals surface area (Å²) in [4.78, 5) is 0. The van der Waals surface area contributed by atoms with Crippen molar-refractivity contribution in [2.45, 2.75) is 0 Å². The number of hydrogen-bond donors (Lipinski definition) is 3. The third kappa shape index (κ3) is 24.8. The van der Waals surface area contributed by atoms with Gasteiger partial charge in [0.1, 0.15) is 0 Å². The highest BCUT2D eigenvalue weighted by Crippen LogP contribution is 1.67. The van der Waals surface area contributed by atoms with Gasteiger partial charge in [-0.2, -0.15) is 0 Å². The van der Waals surface area contributed by atoms with Gasteiger partial charge in [-0.15, -0.1) is 0 Å². The van der Waals surface area contributed by atoms with Gasteiger partial charge in [-0.1, -0.05) is 11.7 Å². The highest BCUT2D eigenvalue weighted by atomic mass is 33.1. The van der Waals surface area contributed by atoms with Crippen molar-refractivity contribution in [2.75, 3.05) is 0 Å². The molecule has 1 unspecified atom stereocenters. The Kier molecular flexibility index (Phi) is 1.95. The SMILES string of the molecule is N=S(N)S. The molecule has 0 aromatic carbocycles. The van der Waals surface area contributed by atoms with Gasteiger partial charge < -0.3 is 0 Å². The maximum Gasteiger partial charge on any atom is 0.0190 e. The molecule has 26 valence electrons. The van der Waals surface area contributed by atoms with Crippen LogP contribution in [0.4, 0.5) is 0 Å². The summed E-state index contributed by atoms with van der Waals surface area (Å²) in [5.74, 6) is 0. The van der Waals surface area contributed by atoms with Gasteiger partial charge in [-0.25, -0.2) is 0 Å². The first-order chi connectivity index (χ1) is 1.73. The molecule has 0 heterocycles. The molecular weight excluding hydrogens is 92.1 g/mol. The van der Waals surface area contributed by atoms with E-state index in [1.165, 1.54) is 0 Å². The van der Waals surface area contributed by atoms with E-state index in [1.807, 2.05) is 0 Å². The largest absolute Gasteiger partial charge is 0.260 e. The zero-order valence-electron chi connectivity index (χ0n) is 1.93. The van der Waals surface area contributed by atoms with Gasteiger partial charge in [-0.05, 0) is 0 Å². The molecule has 0 aromatic rings. The van der Waals surface area contributed by atoms with Gasteiger partial charge in [0.25, 0.3) is 0 Å². The molecule has 3 N–H and O–H groups in total. The minimum Gasteiger partial charge on any atom is -0.260 e. The third-order valence-corrected chi connectivity index (χ3v) is 0. The van der Waals surface area contributed by atoms with Crippen LogP contribution in [0.3, 0.4) is 0 Å². The van der Waals surface area contributed by atoms with Crippen LogP contribution in [-0.2, 0) is 9.91 Å². The molecule has 4 heavy (non-hydrogen) atoms. The van der Waals surface area contributed by atoms with E-state index in [0.29, 0.717) is 0 Å². The summed E-state index contributed by atoms with van der Waals surface area (Å²) in [5.41, 5.74) is 0. The Morgan fingerprint density at radius 3 is 2.00 bits per heavy atom. The first-order valence-electron chi connectivity index (χ1n) is 0.622. The average molecular weight is 96.2 g/mol. The van der Waals surface area contributed by atoms with E-state index in [1.54, 1.807) is 0 Å². The summed E-state index contributed by atoms with van der Waals surface area (Å²) in [6, 6.07) is 0. The zero-order chi connectivity index (χ0) is 3.58. The summed E-state index contributed by atoms with van der Waals surface area (Å²) in [7, 11) is -0.917. The fourth-order valence-electron chi connectivity index (χ4n) is 0. The monoisotopic (exact) mass is 96.0 g/mol. The summed E-state index contributed by atoms with van der Waals surface area (Å²) in [6.45, 7) is 0. The van der Waals surface area contributed by atoms with Crippen LogP contribution in [0, 0.1) is 4.78 Å². The second-order valence-corrected chi connectivity index (χ2v) is 2.12. The van der Waals surface area contributed by atoms with Crippen LogP contribution < -0.4 is 5.14 Å². The van der Waals surface area contributed by atoms with Gasteiger partial charge >= 0.3 is 0 Å². The summed E-state index contributed by atoms with van der Waals surface area (Å²) < 4.78 is 6.25. The maximum atomic E-state index is 6.25. The molecule has 0 bridgehead atoms. The Morgan fingerprint density at radius 2 is 2.00 bits per heavy atom. The topological polar surface area (TPSA) is 49.9 Å². The van der Waals surface area contributed by atoms with Gasteiger partial charge in [0.2, 0.25) is 0 Å². The van der Waals surface area contributed by atoms with Crippen molar-refractivity contribution >= 4 is 21.6 Å². The smallest absolute Gasteiger partial charge is 0.0190 e. The fourth-order valence-corrected chi connectivity index (χ4v) is 0. The molecule has 0 fully saturated rings. The summed E-state index contributed by atoms with van der Waals surface area (Å²) >= 11 is 3.44. The number of nitrogens with two attached hydrogens (primary N) is 1. The minimum absolute atomic E-state index is 0.917. The first kappa shape index (κ1) is 4.46. The lowest BCUT2D eigenvalue weighted by Crippen LogP contribution is -1.85. The van der Waals surface area contributed by atoms with E-state index < -0.39 is 9.91 Å². The summed E-state index contributed by atoms with van der Waals surface area (Å²) in [6.07, 6.45) is 0. The van der Waals surface area contributed by atoms with Crippen LogP contribution >= 0.6 is 11.7 Å². The molecule has 0 aliphatic rings. The molecule has 0 amide bonds. The lowest BCUT2D eigenvalue weighted by atomic mass is 13.9. The predicted octanol–water partition coefficient (Wildman–Crippen LogP) is 0.0856. The molecule has 0 aliphatic heterocycles. The van der Waals surface area contributed by atoms with Crippen LogP contribution in [0.25, 0.3) is 0 Å². The number of thiol groups is 1. The number of rotatable bonds is 0. The molecule has 0 saturated heterocycles. The molecule has 0 radical (unpaired) electrons. The van der Waals surface area contributed by atoms with E-state index in [0.717, 1.165) is 0 Å². The molecule has 4 heteroatoms. The molecule has 0 spiro atoms. The van der Waals surface area contributed by atoms with Crippen molar-refractivity contribution in [3.05, 3.63) is 0 Å². The van der Waals surface area contributed by atoms with Crippen molar-refractivity contribution in [2.24, 2.45) is 5.14 Å². The highest BCUT2D eigenvalue weighted by molar-refractivity contribution is 8.59. The van der Waals surface area contributed by atoms with Crippen LogP contribution in [0.15, 0.2) is 0 Å². The molecule has 1 atom stereocenters. The third-order valence-electron chi connectivity index (χ3n) is 0. The average Bonchev–Trinajstić information content (AvgIpc) is 0.811. The van der Waals surface area contributed by atoms with Crippen molar-refractivity contribution in [3.8, 4) is 0 Å². The Balaban J connectivity index is 2.80. The number of hydrogen-bond acceptors (Lipinski definition) is 1. The van der Waals surface area contributed by atoms with E-state index in [4.69, 9.17) is 4.78 Å². The van der Waals surface area contributed by atoms with E-state index >= 15 is 0 Å². The molecule has 0 aliphatic carbocycles. The Morgan fingerprint density at radius 1 is 2.00 bits per heavy atom. The Hall–Kier alpha value is 0.460. The van der Waals surface area contributed by atoms with Gasteiger partial charge in [0, 0.05) is 9.91 Å². The van der Waals surface area contributed by atoms with Crippen LogP contribution in [-0.4, -0.2) is 0 Å². The molecular formula is H4N2S2. The van der Waals surface area contributed by atoms with Crippen molar-refractivity contribution < 1.29 is 0 Å². The zero-order valence-corrected chi connectivity index (χ0v) is 3.64. The lowest BCUT2D eigenvalue weighted by Gasteiger charge is -1.67. The lowest BCUT2D eigenvalue weighted by molar-refractivity contribution is 1.63. The Labute approximate surface area is 32.2 Å². The van der Waals surface area contributed by atoms with Crippen molar-refractivity contribution in [1.29, 1.82) is 4.78 Å². The Bertz CT molecular complexity index is 27.0. The van der Waals surface area contributed by atoms with Crippen LogP contribution in [0.5, 0.6) is 0 Å². The van der Waals surface area contributed by atoms with Crippen LogP contribution in [0.1, 0.15) is 0 Å². The molecule has 0 aromatic heterocycles. The van der Waals surface area contributed by atoms with Crippen LogP contribution in [0.2, 0.25) is 0 Å². The number of nitrogens with one attached hydrogen (secondary N) is 1. The normalized spacial score (nSPS) is 15.5. The van der Waals surface area contributed by atoms with Crippen molar-refractivity contribution in [1.82, 2.24) is 0 Å². The van der Waals surface area contributed by atoms with E-state index in [9.17, 15) is 0 Å². The maximum absolute atomic E-state index is 6.25. The summed E-state index contributed by atoms with van der Waals surface area (Å²) in [5, 5.41) is 4.67. The van der Waals surface area contributed by atoms with Gasteiger partial charge in [-0.3, -0.25) is 9.92 Å². The van der Waals surface area contributed by atoms with E-state index in [2.05, 4.69) is 16.8 Å². The minimum atomic E-state index is -0.917.